The second kappa shape index (κ2) is 10.4. The van der Waals surface area contributed by atoms with E-state index in [1.165, 1.54) is 10.9 Å². The lowest BCUT2D eigenvalue weighted by molar-refractivity contribution is -0.162. The summed E-state index contributed by atoms with van der Waals surface area (Å²) in [6, 6.07) is 18.2. The third kappa shape index (κ3) is 5.77. The molecule has 3 rings (SSSR count). The van der Waals surface area contributed by atoms with E-state index in [2.05, 4.69) is 36.6 Å². The second-order valence-corrected chi connectivity index (χ2v) is 9.91. The van der Waals surface area contributed by atoms with Crippen LogP contribution in [0.1, 0.15) is 41.0 Å². The van der Waals surface area contributed by atoms with Gasteiger partial charge in [0.25, 0.3) is 0 Å². The minimum atomic E-state index is -0.898. The highest BCUT2D eigenvalue weighted by Gasteiger charge is 2.38. The Bertz CT molecular complexity index is 1080. The van der Waals surface area contributed by atoms with Gasteiger partial charge in [-0.25, -0.2) is 0 Å². The van der Waals surface area contributed by atoms with Crippen molar-refractivity contribution in [1.29, 1.82) is 0 Å². The summed E-state index contributed by atoms with van der Waals surface area (Å²) in [4.78, 5) is 12.8. The minimum Gasteiger partial charge on any atom is -0.491 e. The molecule has 0 saturated carbocycles. The second-order valence-electron chi connectivity index (χ2n) is 9.91. The smallest absolute Gasteiger partial charge is 0.312 e. The Morgan fingerprint density at radius 1 is 1.03 bits per heavy atom. The quantitative estimate of drug-likeness (QED) is 0.394. The Hall–Kier alpha value is -2.79. The third-order valence-electron chi connectivity index (χ3n) is 6.50. The van der Waals surface area contributed by atoms with Gasteiger partial charge in [-0.1, -0.05) is 58.0 Å². The molecule has 0 spiro atoms. The van der Waals surface area contributed by atoms with E-state index in [9.17, 15) is 9.90 Å². The number of aromatic nitrogens is 1. The zero-order chi connectivity index (χ0) is 24.2. The Morgan fingerprint density at radius 2 is 1.76 bits per heavy atom. The molecule has 0 aliphatic rings. The number of carbonyl (C=O) groups excluding carboxylic acids is 1. The monoisotopic (exact) mass is 451 g/mol. The van der Waals surface area contributed by atoms with E-state index in [4.69, 9.17) is 9.47 Å². The molecule has 178 valence electrons. The molecule has 33 heavy (non-hydrogen) atoms. The van der Waals surface area contributed by atoms with Crippen molar-refractivity contribution in [2.45, 2.75) is 47.1 Å². The Morgan fingerprint density at radius 3 is 2.42 bits per heavy atom. The largest absolute Gasteiger partial charge is 0.491 e. The van der Waals surface area contributed by atoms with Crippen molar-refractivity contribution < 1.29 is 19.4 Å². The summed E-state index contributed by atoms with van der Waals surface area (Å²) in [5, 5.41) is 11.5. The summed E-state index contributed by atoms with van der Waals surface area (Å²) in [6.45, 7) is 10.2. The molecule has 2 atom stereocenters. The number of aliphatic hydroxyl groups is 1. The molecular formula is C28H37NO4. The Labute approximate surface area is 197 Å². The highest BCUT2D eigenvalue weighted by molar-refractivity contribution is 5.87. The fourth-order valence-corrected chi connectivity index (χ4v) is 4.29. The lowest BCUT2D eigenvalue weighted by atomic mass is 9.73. The van der Waals surface area contributed by atoms with Crippen molar-refractivity contribution in [2.24, 2.45) is 24.3 Å². The summed E-state index contributed by atoms with van der Waals surface area (Å²) >= 11 is 0. The fourth-order valence-electron chi connectivity index (χ4n) is 4.29. The van der Waals surface area contributed by atoms with Crippen molar-refractivity contribution in [3.63, 3.8) is 0 Å². The van der Waals surface area contributed by atoms with E-state index < -0.39 is 11.5 Å². The van der Waals surface area contributed by atoms with Crippen LogP contribution in [0.2, 0.25) is 0 Å². The van der Waals surface area contributed by atoms with E-state index in [0.717, 1.165) is 17.7 Å². The molecular weight excluding hydrogens is 414 g/mol. The number of aliphatic hydroxyl groups excluding tert-OH is 1. The number of benzene rings is 2. The molecule has 1 heterocycles. The summed E-state index contributed by atoms with van der Waals surface area (Å²) < 4.78 is 13.5. The van der Waals surface area contributed by atoms with Crippen LogP contribution in [0.4, 0.5) is 0 Å². The predicted molar refractivity (Wildman–Crippen MR) is 133 cm³/mol. The molecule has 0 radical (unpaired) electrons. The maximum Gasteiger partial charge on any atom is 0.312 e. The van der Waals surface area contributed by atoms with Gasteiger partial charge in [0.1, 0.15) is 25.1 Å². The number of para-hydroxylation sites is 1. The molecule has 2 unspecified atom stereocenters. The highest BCUT2D eigenvalue weighted by atomic mass is 16.5. The zero-order valence-electron chi connectivity index (χ0n) is 20.7. The average Bonchev–Trinajstić information content (AvgIpc) is 3.12. The number of esters is 1. The van der Waals surface area contributed by atoms with Gasteiger partial charge >= 0.3 is 5.97 Å². The van der Waals surface area contributed by atoms with Gasteiger partial charge in [0.05, 0.1) is 5.41 Å². The minimum absolute atomic E-state index is 0.0500. The van der Waals surface area contributed by atoms with Gasteiger partial charge in [-0.15, -0.1) is 0 Å². The molecule has 0 bridgehead atoms. The molecule has 1 N–H and O–H groups in total. The normalized spacial score (nSPS) is 14.5. The number of hydrogen-bond acceptors (Lipinski definition) is 4. The molecule has 5 nitrogen and oxygen atoms in total. The first-order valence-corrected chi connectivity index (χ1v) is 11.7. The van der Waals surface area contributed by atoms with Gasteiger partial charge in [-0.05, 0) is 49.4 Å². The van der Waals surface area contributed by atoms with Gasteiger partial charge < -0.3 is 19.1 Å². The van der Waals surface area contributed by atoms with Crippen LogP contribution in [-0.4, -0.2) is 35.0 Å². The number of ether oxygens (including phenoxy) is 2. The van der Waals surface area contributed by atoms with Gasteiger partial charge in [-0.2, -0.15) is 0 Å². The first-order valence-electron chi connectivity index (χ1n) is 11.7. The number of carbonyl (C=O) groups is 1. The SMILES string of the molecule is CC(C)CC(C)(C(=O)OCC(O)COc1cccc(-c2cc3ccccc3n2C)c1)C(C)C. The fraction of sp³-hybridized carbons (Fsp3) is 0.464. The summed E-state index contributed by atoms with van der Waals surface area (Å²) in [6.07, 6.45) is -0.150. The highest BCUT2D eigenvalue weighted by Crippen LogP contribution is 2.35. The van der Waals surface area contributed by atoms with Crippen LogP contribution in [-0.2, 0) is 16.6 Å². The van der Waals surface area contributed by atoms with Gasteiger partial charge in [0.15, 0.2) is 0 Å². The van der Waals surface area contributed by atoms with Crippen LogP contribution in [0.25, 0.3) is 22.2 Å². The summed E-state index contributed by atoms with van der Waals surface area (Å²) in [5.41, 5.74) is 2.73. The lowest BCUT2D eigenvalue weighted by Gasteiger charge is -2.33. The molecule has 0 aliphatic heterocycles. The zero-order valence-corrected chi connectivity index (χ0v) is 20.7. The number of aryl methyl sites for hydroxylation is 1. The molecule has 5 heteroatoms. The van der Waals surface area contributed by atoms with Crippen molar-refractivity contribution >= 4 is 16.9 Å². The van der Waals surface area contributed by atoms with Crippen molar-refractivity contribution in [3.8, 4) is 17.0 Å². The van der Waals surface area contributed by atoms with Crippen LogP contribution in [0.5, 0.6) is 5.75 Å². The van der Waals surface area contributed by atoms with Crippen LogP contribution in [0, 0.1) is 17.3 Å². The lowest BCUT2D eigenvalue weighted by Crippen LogP contribution is -2.38. The number of nitrogens with zero attached hydrogens (tertiary/aromatic N) is 1. The molecule has 0 amide bonds. The van der Waals surface area contributed by atoms with E-state index in [-0.39, 0.29) is 25.1 Å². The summed E-state index contributed by atoms with van der Waals surface area (Å²) in [7, 11) is 2.05. The number of fused-ring (bicyclic) bond motifs is 1. The molecule has 3 aromatic rings. The predicted octanol–water partition coefficient (Wildman–Crippen LogP) is 5.84. The standard InChI is InChI=1S/C28H37NO4/c1-19(2)16-28(5,20(3)4)27(31)33-18-23(30)17-32-24-12-9-11-21(14-24)26-15-22-10-7-8-13-25(22)29(26)6/h7-15,19-20,23,30H,16-18H2,1-6H3. The number of hydrogen-bond donors (Lipinski definition) is 1. The van der Waals surface area contributed by atoms with E-state index in [1.807, 2.05) is 64.2 Å². The number of rotatable bonds is 10. The van der Waals surface area contributed by atoms with Crippen LogP contribution in [0.15, 0.2) is 54.6 Å². The van der Waals surface area contributed by atoms with Gasteiger partial charge in [0, 0.05) is 29.2 Å². The van der Waals surface area contributed by atoms with Gasteiger partial charge in [0.2, 0.25) is 0 Å². The van der Waals surface area contributed by atoms with Crippen LogP contribution >= 0.6 is 0 Å². The maximum atomic E-state index is 12.8. The van der Waals surface area contributed by atoms with E-state index in [0.29, 0.717) is 11.7 Å². The third-order valence-corrected chi connectivity index (χ3v) is 6.50. The van der Waals surface area contributed by atoms with Crippen molar-refractivity contribution in [1.82, 2.24) is 4.57 Å². The van der Waals surface area contributed by atoms with Gasteiger partial charge in [-0.3, -0.25) is 4.79 Å². The molecule has 0 aliphatic carbocycles. The van der Waals surface area contributed by atoms with Crippen LogP contribution < -0.4 is 4.74 Å². The van der Waals surface area contributed by atoms with Crippen molar-refractivity contribution in [2.75, 3.05) is 13.2 Å². The molecule has 0 saturated heterocycles. The summed E-state index contributed by atoms with van der Waals surface area (Å²) in [5.74, 6) is 0.933. The van der Waals surface area contributed by atoms with Crippen molar-refractivity contribution in [3.05, 3.63) is 54.6 Å². The first-order chi connectivity index (χ1) is 15.6. The first kappa shape index (κ1) is 24.8. The Balaban J connectivity index is 1.60. The molecule has 0 fully saturated rings. The molecule has 2 aromatic carbocycles. The maximum absolute atomic E-state index is 12.8. The van der Waals surface area contributed by atoms with E-state index in [1.54, 1.807) is 0 Å². The topological polar surface area (TPSA) is 60.7 Å². The Kier molecular flexibility index (Phi) is 7.85. The van der Waals surface area contributed by atoms with Crippen LogP contribution in [0.3, 0.4) is 0 Å². The molecule has 1 aromatic heterocycles. The average molecular weight is 452 g/mol. The van der Waals surface area contributed by atoms with E-state index >= 15 is 0 Å².